The van der Waals surface area contributed by atoms with Gasteiger partial charge >= 0.3 is 0 Å². The largest absolute Gasteiger partial charge is 0.393 e. The zero-order chi connectivity index (χ0) is 12.3. The van der Waals surface area contributed by atoms with Crippen molar-refractivity contribution in [2.75, 3.05) is 6.61 Å². The predicted octanol–water partition coefficient (Wildman–Crippen LogP) is 2.95. The fraction of sp³-hybridized carbons (Fsp3) is 0.538. The third-order valence-corrected chi connectivity index (χ3v) is 3.32. The molecule has 1 aliphatic rings. The Bertz CT molecular complexity index is 378. The third kappa shape index (κ3) is 3.66. The quantitative estimate of drug-likeness (QED) is 0.900. The van der Waals surface area contributed by atoms with Crippen LogP contribution in [0.15, 0.2) is 18.2 Å². The topological polar surface area (TPSA) is 29.5 Å². The van der Waals surface area contributed by atoms with Crippen LogP contribution in [0.1, 0.15) is 24.8 Å². The summed E-state index contributed by atoms with van der Waals surface area (Å²) in [5.41, 5.74) is 0.761. The second kappa shape index (κ2) is 5.80. The van der Waals surface area contributed by atoms with Crippen LogP contribution in [0, 0.1) is 5.82 Å². The van der Waals surface area contributed by atoms with Crippen molar-refractivity contribution in [2.45, 2.75) is 37.9 Å². The molecule has 1 fully saturated rings. The molecule has 0 aromatic heterocycles. The second-order valence-electron chi connectivity index (χ2n) is 4.48. The first kappa shape index (κ1) is 12.8. The van der Waals surface area contributed by atoms with Crippen LogP contribution in [0.25, 0.3) is 0 Å². The van der Waals surface area contributed by atoms with E-state index >= 15 is 0 Å². The minimum absolute atomic E-state index is 0.113. The number of hydrogen-bond donors (Lipinski definition) is 1. The van der Waals surface area contributed by atoms with E-state index in [0.29, 0.717) is 12.8 Å². The summed E-state index contributed by atoms with van der Waals surface area (Å²) in [7, 11) is 0. The fourth-order valence-electron chi connectivity index (χ4n) is 2.16. The van der Waals surface area contributed by atoms with Gasteiger partial charge in [-0.05, 0) is 43.4 Å². The number of hydrogen-bond acceptors (Lipinski definition) is 2. The molecule has 0 aliphatic carbocycles. The maximum Gasteiger partial charge on any atom is 0.142 e. The van der Waals surface area contributed by atoms with Gasteiger partial charge in [0, 0.05) is 6.61 Å². The third-order valence-electron chi connectivity index (χ3n) is 3.01. The summed E-state index contributed by atoms with van der Waals surface area (Å²) in [4.78, 5) is 0. The summed E-state index contributed by atoms with van der Waals surface area (Å²) in [6.45, 7) is 0.785. The first-order chi connectivity index (χ1) is 8.15. The highest BCUT2D eigenvalue weighted by molar-refractivity contribution is 6.30. The highest BCUT2D eigenvalue weighted by atomic mass is 35.5. The van der Waals surface area contributed by atoms with Gasteiger partial charge in [-0.1, -0.05) is 17.7 Å². The van der Waals surface area contributed by atoms with Gasteiger partial charge in [0.15, 0.2) is 0 Å². The first-order valence-electron chi connectivity index (χ1n) is 5.89. The molecule has 1 aromatic carbocycles. The summed E-state index contributed by atoms with van der Waals surface area (Å²) < 4.78 is 18.6. The molecule has 2 rings (SSSR count). The Morgan fingerprint density at radius 3 is 3.00 bits per heavy atom. The van der Waals surface area contributed by atoms with Crippen LogP contribution in [-0.4, -0.2) is 23.9 Å². The van der Waals surface area contributed by atoms with Crippen molar-refractivity contribution >= 4 is 11.6 Å². The number of ether oxygens (including phenoxy) is 1. The van der Waals surface area contributed by atoms with Crippen LogP contribution in [0.2, 0.25) is 5.02 Å². The molecule has 4 heteroatoms. The Morgan fingerprint density at radius 2 is 2.35 bits per heavy atom. The number of aliphatic hydroxyl groups excluding tert-OH is 1. The molecule has 1 N–H and O–H groups in total. The summed E-state index contributed by atoms with van der Waals surface area (Å²) in [6.07, 6.45) is 2.79. The van der Waals surface area contributed by atoms with E-state index in [4.69, 9.17) is 16.3 Å². The van der Waals surface area contributed by atoms with E-state index in [1.54, 1.807) is 6.07 Å². The Kier molecular flexibility index (Phi) is 4.37. The monoisotopic (exact) mass is 258 g/mol. The SMILES string of the molecule is OC(Cc1ccc(Cl)c(F)c1)CC1CCCO1. The van der Waals surface area contributed by atoms with Gasteiger partial charge in [0.05, 0.1) is 17.2 Å². The molecule has 0 bridgehead atoms. The normalized spacial score (nSPS) is 21.7. The lowest BCUT2D eigenvalue weighted by Gasteiger charge is -2.15. The summed E-state index contributed by atoms with van der Waals surface area (Å²) in [5.74, 6) is -0.437. The zero-order valence-electron chi connectivity index (χ0n) is 9.53. The van der Waals surface area contributed by atoms with Crippen LogP contribution in [-0.2, 0) is 11.2 Å². The van der Waals surface area contributed by atoms with Gasteiger partial charge in [-0.2, -0.15) is 0 Å². The first-order valence-corrected chi connectivity index (χ1v) is 6.26. The van der Waals surface area contributed by atoms with Gasteiger partial charge < -0.3 is 9.84 Å². The Balaban J connectivity index is 1.88. The van der Waals surface area contributed by atoms with E-state index in [2.05, 4.69) is 0 Å². The van der Waals surface area contributed by atoms with Crippen LogP contribution in [0.5, 0.6) is 0 Å². The summed E-state index contributed by atoms with van der Waals surface area (Å²) >= 11 is 5.60. The maximum absolute atomic E-state index is 13.2. The molecular formula is C13H16ClFO2. The van der Waals surface area contributed by atoms with Gasteiger partial charge in [0.25, 0.3) is 0 Å². The standard InChI is InChI=1S/C13H16ClFO2/c14-12-4-3-9(7-13(12)15)6-10(16)8-11-2-1-5-17-11/h3-4,7,10-11,16H,1-2,5-6,8H2. The molecule has 1 aromatic rings. The molecule has 17 heavy (non-hydrogen) atoms. The molecule has 0 saturated carbocycles. The molecular weight excluding hydrogens is 243 g/mol. The van der Waals surface area contributed by atoms with E-state index in [9.17, 15) is 9.50 Å². The molecule has 94 valence electrons. The zero-order valence-corrected chi connectivity index (χ0v) is 10.3. The Labute approximate surface area is 105 Å². The number of halogens is 2. The minimum Gasteiger partial charge on any atom is -0.393 e. The van der Waals surface area contributed by atoms with Crippen LogP contribution in [0.4, 0.5) is 4.39 Å². The fourth-order valence-corrected chi connectivity index (χ4v) is 2.27. The van der Waals surface area contributed by atoms with Crippen molar-refractivity contribution in [3.05, 3.63) is 34.6 Å². The molecule has 2 nitrogen and oxygen atoms in total. The van der Waals surface area contributed by atoms with Gasteiger partial charge in [0.1, 0.15) is 5.82 Å². The van der Waals surface area contributed by atoms with Crippen molar-refractivity contribution in [1.29, 1.82) is 0 Å². The van der Waals surface area contributed by atoms with Crippen LogP contribution >= 0.6 is 11.6 Å². The lowest BCUT2D eigenvalue weighted by atomic mass is 10.0. The number of rotatable bonds is 4. The Hall–Kier alpha value is -0.640. The summed E-state index contributed by atoms with van der Waals surface area (Å²) in [5, 5.41) is 10.0. The van der Waals surface area contributed by atoms with Gasteiger partial charge in [0.2, 0.25) is 0 Å². The van der Waals surface area contributed by atoms with Gasteiger partial charge in [-0.3, -0.25) is 0 Å². The molecule has 1 aliphatic heterocycles. The summed E-state index contributed by atoms with van der Waals surface area (Å²) in [6, 6.07) is 4.64. The lowest BCUT2D eigenvalue weighted by molar-refractivity contribution is 0.0541. The molecule has 0 amide bonds. The highest BCUT2D eigenvalue weighted by Crippen LogP contribution is 2.20. The van der Waals surface area contributed by atoms with Crippen molar-refractivity contribution in [2.24, 2.45) is 0 Å². The average molecular weight is 259 g/mol. The molecule has 2 unspecified atom stereocenters. The van der Waals surface area contributed by atoms with Crippen LogP contribution < -0.4 is 0 Å². The van der Waals surface area contributed by atoms with Crippen LogP contribution in [0.3, 0.4) is 0 Å². The van der Waals surface area contributed by atoms with Gasteiger partial charge in [-0.15, -0.1) is 0 Å². The molecule has 1 heterocycles. The predicted molar refractivity (Wildman–Crippen MR) is 64.7 cm³/mol. The average Bonchev–Trinajstić information content (AvgIpc) is 2.76. The Morgan fingerprint density at radius 1 is 1.53 bits per heavy atom. The molecule has 0 radical (unpaired) electrons. The number of benzene rings is 1. The van der Waals surface area contributed by atoms with Gasteiger partial charge in [-0.25, -0.2) is 4.39 Å². The van der Waals surface area contributed by atoms with E-state index in [-0.39, 0.29) is 11.1 Å². The smallest absolute Gasteiger partial charge is 0.142 e. The minimum atomic E-state index is -0.487. The van der Waals surface area contributed by atoms with E-state index < -0.39 is 11.9 Å². The lowest BCUT2D eigenvalue weighted by Crippen LogP contribution is -2.19. The highest BCUT2D eigenvalue weighted by Gasteiger charge is 2.19. The number of aliphatic hydroxyl groups is 1. The van der Waals surface area contributed by atoms with Crippen molar-refractivity contribution in [1.82, 2.24) is 0 Å². The second-order valence-corrected chi connectivity index (χ2v) is 4.88. The van der Waals surface area contributed by atoms with Crippen molar-refractivity contribution in [3.63, 3.8) is 0 Å². The van der Waals surface area contributed by atoms with E-state index in [1.165, 1.54) is 12.1 Å². The maximum atomic E-state index is 13.2. The molecule has 0 spiro atoms. The molecule has 2 atom stereocenters. The van der Waals surface area contributed by atoms with Crippen molar-refractivity contribution in [3.8, 4) is 0 Å². The molecule has 1 saturated heterocycles. The van der Waals surface area contributed by atoms with Crippen molar-refractivity contribution < 1.29 is 14.2 Å². The van der Waals surface area contributed by atoms with E-state index in [1.807, 2.05) is 0 Å². The van der Waals surface area contributed by atoms with E-state index in [0.717, 1.165) is 25.0 Å².